The number of rotatable bonds is 3. The second-order valence-corrected chi connectivity index (χ2v) is 2.72. The quantitative estimate of drug-likeness (QED) is 0.758. The molecule has 0 saturated heterocycles. The molecule has 0 fully saturated rings. The van der Waals surface area contributed by atoms with Gasteiger partial charge >= 0.3 is 0 Å². The van der Waals surface area contributed by atoms with Gasteiger partial charge in [-0.05, 0) is 12.1 Å². The molecule has 0 unspecified atom stereocenters. The van der Waals surface area contributed by atoms with E-state index in [1.807, 2.05) is 6.07 Å². The molecular formula is C9H9N3O2. The number of aromatic nitrogens is 2. The van der Waals surface area contributed by atoms with Crippen molar-refractivity contribution in [1.82, 2.24) is 9.97 Å². The Bertz CT molecular complexity index is 447. The van der Waals surface area contributed by atoms with Crippen molar-refractivity contribution < 1.29 is 4.42 Å². The second-order valence-electron chi connectivity index (χ2n) is 2.72. The zero-order valence-electron chi connectivity index (χ0n) is 7.36. The van der Waals surface area contributed by atoms with E-state index < -0.39 is 0 Å². The minimum atomic E-state index is -0.179. The third kappa shape index (κ3) is 2.01. The molecule has 0 atom stereocenters. The van der Waals surface area contributed by atoms with Crippen LogP contribution in [0.2, 0.25) is 0 Å². The summed E-state index contributed by atoms with van der Waals surface area (Å²) >= 11 is 0. The molecule has 0 saturated carbocycles. The van der Waals surface area contributed by atoms with Crippen molar-refractivity contribution in [3.63, 3.8) is 0 Å². The normalized spacial score (nSPS) is 10.0. The van der Waals surface area contributed by atoms with E-state index in [1.54, 1.807) is 12.3 Å². The van der Waals surface area contributed by atoms with Crippen molar-refractivity contribution in [2.24, 2.45) is 0 Å². The van der Waals surface area contributed by atoms with Gasteiger partial charge < -0.3 is 9.73 Å². The summed E-state index contributed by atoms with van der Waals surface area (Å²) in [5, 5.41) is 2.93. The first-order valence-corrected chi connectivity index (χ1v) is 4.16. The minimum absolute atomic E-state index is 0.179. The fourth-order valence-corrected chi connectivity index (χ4v) is 1.04. The Morgan fingerprint density at radius 1 is 1.50 bits per heavy atom. The van der Waals surface area contributed by atoms with Gasteiger partial charge in [0.1, 0.15) is 5.76 Å². The molecular weight excluding hydrogens is 182 g/mol. The van der Waals surface area contributed by atoms with Gasteiger partial charge in [-0.25, -0.2) is 4.98 Å². The maximum absolute atomic E-state index is 10.9. The maximum Gasteiger partial charge on any atom is 0.252 e. The molecule has 14 heavy (non-hydrogen) atoms. The van der Waals surface area contributed by atoms with E-state index in [4.69, 9.17) is 4.42 Å². The van der Waals surface area contributed by atoms with Gasteiger partial charge in [0.25, 0.3) is 5.56 Å². The van der Waals surface area contributed by atoms with Crippen LogP contribution in [0, 0.1) is 0 Å². The predicted molar refractivity (Wildman–Crippen MR) is 50.9 cm³/mol. The van der Waals surface area contributed by atoms with Gasteiger partial charge in [-0.1, -0.05) is 0 Å². The molecule has 0 spiro atoms. The van der Waals surface area contributed by atoms with E-state index in [0.717, 1.165) is 5.76 Å². The van der Waals surface area contributed by atoms with Crippen molar-refractivity contribution >= 4 is 5.95 Å². The first-order valence-electron chi connectivity index (χ1n) is 4.16. The molecule has 2 N–H and O–H groups in total. The number of anilines is 1. The van der Waals surface area contributed by atoms with Crippen LogP contribution in [-0.2, 0) is 6.54 Å². The molecule has 0 aliphatic heterocycles. The molecule has 0 amide bonds. The van der Waals surface area contributed by atoms with E-state index in [-0.39, 0.29) is 5.56 Å². The highest BCUT2D eigenvalue weighted by Crippen LogP contribution is 2.02. The van der Waals surface area contributed by atoms with Crippen LogP contribution in [0.15, 0.2) is 39.9 Å². The molecule has 0 radical (unpaired) electrons. The highest BCUT2D eigenvalue weighted by Gasteiger charge is 1.96. The molecule has 5 heteroatoms. The first-order chi connectivity index (χ1) is 6.84. The number of nitrogens with one attached hydrogen (secondary N) is 2. The Morgan fingerprint density at radius 3 is 3.14 bits per heavy atom. The van der Waals surface area contributed by atoms with Crippen LogP contribution in [0.4, 0.5) is 5.95 Å². The molecule has 72 valence electrons. The van der Waals surface area contributed by atoms with Crippen LogP contribution in [0.25, 0.3) is 0 Å². The standard InChI is InChI=1S/C9H9N3O2/c13-8-3-4-10-9(12-8)11-6-7-2-1-5-14-7/h1-5H,6H2,(H2,10,11,12,13). The summed E-state index contributed by atoms with van der Waals surface area (Å²) < 4.78 is 5.10. The molecule has 5 nitrogen and oxygen atoms in total. The van der Waals surface area contributed by atoms with Crippen molar-refractivity contribution in [3.8, 4) is 0 Å². The molecule has 2 heterocycles. The minimum Gasteiger partial charge on any atom is -0.467 e. The Labute approximate surface area is 79.8 Å². The largest absolute Gasteiger partial charge is 0.467 e. The van der Waals surface area contributed by atoms with Gasteiger partial charge in [0.05, 0.1) is 12.8 Å². The maximum atomic E-state index is 10.9. The number of furan rings is 1. The topological polar surface area (TPSA) is 70.9 Å². The van der Waals surface area contributed by atoms with Gasteiger partial charge in [0.2, 0.25) is 5.95 Å². The van der Waals surface area contributed by atoms with E-state index in [0.29, 0.717) is 12.5 Å². The molecule has 2 aromatic heterocycles. The van der Waals surface area contributed by atoms with E-state index in [1.165, 1.54) is 12.3 Å². The first kappa shape index (κ1) is 8.55. The number of nitrogens with zero attached hydrogens (tertiary/aromatic N) is 1. The van der Waals surface area contributed by atoms with E-state index in [9.17, 15) is 4.79 Å². The zero-order valence-corrected chi connectivity index (χ0v) is 7.36. The Kier molecular flexibility index (Phi) is 2.31. The van der Waals surface area contributed by atoms with Gasteiger partial charge in [-0.3, -0.25) is 9.78 Å². The van der Waals surface area contributed by atoms with Gasteiger partial charge in [-0.2, -0.15) is 0 Å². The third-order valence-electron chi connectivity index (χ3n) is 1.68. The van der Waals surface area contributed by atoms with Crippen LogP contribution < -0.4 is 10.9 Å². The number of hydrogen-bond acceptors (Lipinski definition) is 4. The fourth-order valence-electron chi connectivity index (χ4n) is 1.04. The second kappa shape index (κ2) is 3.78. The number of H-pyrrole nitrogens is 1. The van der Waals surface area contributed by atoms with Gasteiger partial charge in [0.15, 0.2) is 0 Å². The summed E-state index contributed by atoms with van der Waals surface area (Å²) in [7, 11) is 0. The van der Waals surface area contributed by atoms with Crippen LogP contribution in [0.1, 0.15) is 5.76 Å². The SMILES string of the molecule is O=c1ccnc(NCc2ccco2)[nH]1. The fraction of sp³-hybridized carbons (Fsp3) is 0.111. The van der Waals surface area contributed by atoms with Crippen molar-refractivity contribution in [2.75, 3.05) is 5.32 Å². The predicted octanol–water partition coefficient (Wildman–Crippen LogP) is 0.975. The molecule has 2 aromatic rings. The summed E-state index contributed by atoms with van der Waals surface area (Å²) in [6, 6.07) is 5.00. The summed E-state index contributed by atoms with van der Waals surface area (Å²) in [6.07, 6.45) is 3.04. The summed E-state index contributed by atoms with van der Waals surface area (Å²) in [5.74, 6) is 1.23. The van der Waals surface area contributed by atoms with Crippen LogP contribution in [0.3, 0.4) is 0 Å². The Balaban J connectivity index is 2.02. The lowest BCUT2D eigenvalue weighted by atomic mass is 10.4. The smallest absolute Gasteiger partial charge is 0.252 e. The lowest BCUT2D eigenvalue weighted by Crippen LogP contribution is -2.10. The van der Waals surface area contributed by atoms with Gasteiger partial charge in [-0.15, -0.1) is 0 Å². The number of hydrogen-bond donors (Lipinski definition) is 2. The summed E-state index contributed by atoms with van der Waals surface area (Å²) in [4.78, 5) is 17.4. The van der Waals surface area contributed by atoms with Crippen molar-refractivity contribution in [1.29, 1.82) is 0 Å². The zero-order chi connectivity index (χ0) is 9.80. The van der Waals surface area contributed by atoms with Crippen molar-refractivity contribution in [3.05, 3.63) is 46.8 Å². The monoisotopic (exact) mass is 191 g/mol. The highest BCUT2D eigenvalue weighted by atomic mass is 16.3. The molecule has 0 aromatic carbocycles. The van der Waals surface area contributed by atoms with Crippen molar-refractivity contribution in [2.45, 2.75) is 6.54 Å². The van der Waals surface area contributed by atoms with Crippen LogP contribution in [-0.4, -0.2) is 9.97 Å². The van der Waals surface area contributed by atoms with Gasteiger partial charge in [0, 0.05) is 12.3 Å². The highest BCUT2D eigenvalue weighted by molar-refractivity contribution is 5.23. The van der Waals surface area contributed by atoms with E-state index in [2.05, 4.69) is 15.3 Å². The summed E-state index contributed by atoms with van der Waals surface area (Å²) in [6.45, 7) is 0.500. The van der Waals surface area contributed by atoms with E-state index >= 15 is 0 Å². The summed E-state index contributed by atoms with van der Waals surface area (Å²) in [5.41, 5.74) is -0.179. The lowest BCUT2D eigenvalue weighted by Gasteiger charge is -2.01. The molecule has 0 bridgehead atoms. The van der Waals surface area contributed by atoms with Crippen LogP contribution in [0.5, 0.6) is 0 Å². The average Bonchev–Trinajstić information content (AvgIpc) is 2.67. The molecule has 0 aliphatic rings. The third-order valence-corrected chi connectivity index (χ3v) is 1.68. The Morgan fingerprint density at radius 2 is 2.43 bits per heavy atom. The van der Waals surface area contributed by atoms with Crippen LogP contribution >= 0.6 is 0 Å². The molecule has 2 rings (SSSR count). The molecule has 0 aliphatic carbocycles. The lowest BCUT2D eigenvalue weighted by molar-refractivity contribution is 0.517. The number of aromatic amines is 1. The Hall–Kier alpha value is -2.04. The average molecular weight is 191 g/mol.